The summed E-state index contributed by atoms with van der Waals surface area (Å²) in [5, 5.41) is 4.38. The summed E-state index contributed by atoms with van der Waals surface area (Å²) in [6.45, 7) is 10.6. The number of thiophene rings is 1. The fourth-order valence-electron chi connectivity index (χ4n) is 4.13. The molecular formula is C20H29N3O2S2. The topological polar surface area (TPSA) is 74.8 Å². The standard InChI is InChI=1S/C20H29N3O2S2/c1-19(2,3)11-20(4,5)23-14(24)10-26-18-21-16(25)15-12-8-6-7-9-13(12)27-17(15)22-18/h6-11H2,1-5H3,(H,23,24)(H,21,22,25). The second-order valence-corrected chi connectivity index (χ2v) is 11.3. The number of aryl methyl sites for hydroxylation is 2. The molecule has 1 aliphatic carbocycles. The number of carbonyl (C=O) groups is 1. The van der Waals surface area contributed by atoms with Crippen LogP contribution in [0.3, 0.4) is 0 Å². The number of amides is 1. The minimum atomic E-state index is -0.270. The molecule has 7 heteroatoms. The number of H-pyrrole nitrogens is 1. The monoisotopic (exact) mass is 407 g/mol. The normalized spacial score (nSPS) is 15.0. The Kier molecular flexibility index (Phi) is 5.73. The quantitative estimate of drug-likeness (QED) is 0.573. The molecule has 0 saturated heterocycles. The fraction of sp³-hybridized carbons (Fsp3) is 0.650. The maximum absolute atomic E-state index is 12.6. The van der Waals surface area contributed by atoms with Crippen molar-refractivity contribution in [2.45, 2.75) is 77.4 Å². The Morgan fingerprint density at radius 1 is 1.22 bits per heavy atom. The first-order valence-corrected chi connectivity index (χ1v) is 11.3. The zero-order chi connectivity index (χ0) is 19.8. The van der Waals surface area contributed by atoms with E-state index in [0.29, 0.717) is 5.16 Å². The molecule has 0 aliphatic heterocycles. The van der Waals surface area contributed by atoms with Crippen molar-refractivity contribution in [2.24, 2.45) is 5.41 Å². The third kappa shape index (κ3) is 5.13. The molecule has 2 heterocycles. The van der Waals surface area contributed by atoms with Crippen LogP contribution in [0.4, 0.5) is 0 Å². The van der Waals surface area contributed by atoms with E-state index in [1.807, 2.05) is 13.8 Å². The van der Waals surface area contributed by atoms with Crippen LogP contribution in [0, 0.1) is 5.41 Å². The van der Waals surface area contributed by atoms with Gasteiger partial charge in [0.1, 0.15) is 4.83 Å². The van der Waals surface area contributed by atoms with Crippen molar-refractivity contribution < 1.29 is 4.79 Å². The molecule has 0 saturated carbocycles. The van der Waals surface area contributed by atoms with Crippen molar-refractivity contribution in [2.75, 3.05) is 5.75 Å². The first kappa shape index (κ1) is 20.4. The molecule has 148 valence electrons. The van der Waals surface area contributed by atoms with Crippen molar-refractivity contribution in [3.63, 3.8) is 0 Å². The van der Waals surface area contributed by atoms with Gasteiger partial charge in [0.2, 0.25) is 5.91 Å². The molecule has 27 heavy (non-hydrogen) atoms. The van der Waals surface area contributed by atoms with Crippen LogP contribution >= 0.6 is 23.1 Å². The highest BCUT2D eigenvalue weighted by Gasteiger charge is 2.27. The zero-order valence-corrected chi connectivity index (χ0v) is 18.5. The van der Waals surface area contributed by atoms with Gasteiger partial charge in [-0.2, -0.15) is 0 Å². The summed E-state index contributed by atoms with van der Waals surface area (Å²) < 4.78 is 0. The van der Waals surface area contributed by atoms with Crippen LogP contribution in [0.1, 0.15) is 64.3 Å². The summed E-state index contributed by atoms with van der Waals surface area (Å²) in [7, 11) is 0. The second-order valence-electron chi connectivity index (χ2n) is 9.22. The highest BCUT2D eigenvalue weighted by molar-refractivity contribution is 7.99. The summed E-state index contributed by atoms with van der Waals surface area (Å²) in [6, 6.07) is 0. The van der Waals surface area contributed by atoms with Gasteiger partial charge >= 0.3 is 0 Å². The maximum Gasteiger partial charge on any atom is 0.260 e. The number of hydrogen-bond donors (Lipinski definition) is 2. The molecule has 0 spiro atoms. The van der Waals surface area contributed by atoms with Crippen LogP contribution in [0.2, 0.25) is 0 Å². The number of hydrogen-bond acceptors (Lipinski definition) is 5. The number of aromatic amines is 1. The Morgan fingerprint density at radius 3 is 2.63 bits per heavy atom. The molecule has 0 atom stereocenters. The van der Waals surface area contributed by atoms with E-state index >= 15 is 0 Å². The molecule has 0 radical (unpaired) electrons. The van der Waals surface area contributed by atoms with Gasteiger partial charge in [-0.1, -0.05) is 32.5 Å². The smallest absolute Gasteiger partial charge is 0.260 e. The average Bonchev–Trinajstić information content (AvgIpc) is 2.88. The van der Waals surface area contributed by atoms with Crippen LogP contribution in [0.15, 0.2) is 9.95 Å². The number of nitrogens with one attached hydrogen (secondary N) is 2. The third-order valence-corrected chi connectivity index (χ3v) is 6.65. The van der Waals surface area contributed by atoms with E-state index in [2.05, 4.69) is 36.1 Å². The fourth-order valence-corrected chi connectivity index (χ4v) is 6.11. The minimum Gasteiger partial charge on any atom is -0.350 e. The Morgan fingerprint density at radius 2 is 1.93 bits per heavy atom. The van der Waals surface area contributed by atoms with Gasteiger partial charge in [-0.05, 0) is 56.9 Å². The number of rotatable bonds is 5. The molecule has 0 fully saturated rings. The van der Waals surface area contributed by atoms with Crippen LogP contribution in [0.25, 0.3) is 10.2 Å². The van der Waals surface area contributed by atoms with E-state index in [0.717, 1.165) is 35.9 Å². The average molecular weight is 408 g/mol. The van der Waals surface area contributed by atoms with Crippen molar-refractivity contribution in [3.8, 4) is 0 Å². The molecule has 2 aromatic heterocycles. The summed E-state index contributed by atoms with van der Waals surface area (Å²) in [6.07, 6.45) is 5.22. The van der Waals surface area contributed by atoms with Crippen molar-refractivity contribution in [1.29, 1.82) is 0 Å². The molecule has 2 N–H and O–H groups in total. The Bertz CT molecular complexity index is 906. The van der Waals surface area contributed by atoms with E-state index in [1.165, 1.54) is 28.6 Å². The predicted octanol–water partition coefficient (Wildman–Crippen LogP) is 4.29. The highest BCUT2D eigenvalue weighted by atomic mass is 32.2. The lowest BCUT2D eigenvalue weighted by Gasteiger charge is -2.33. The van der Waals surface area contributed by atoms with Crippen LogP contribution in [-0.2, 0) is 17.6 Å². The van der Waals surface area contributed by atoms with Crippen molar-refractivity contribution >= 4 is 39.2 Å². The second kappa shape index (κ2) is 7.59. The largest absolute Gasteiger partial charge is 0.350 e. The van der Waals surface area contributed by atoms with Gasteiger partial charge in [-0.15, -0.1) is 11.3 Å². The molecule has 3 rings (SSSR count). The SMILES string of the molecule is CC(C)(C)CC(C)(C)NC(=O)CSc1nc2sc3c(c2c(=O)[nH]1)CCCC3. The molecule has 0 unspecified atom stereocenters. The molecule has 1 aliphatic rings. The molecule has 5 nitrogen and oxygen atoms in total. The molecule has 0 aromatic carbocycles. The molecule has 2 aromatic rings. The van der Waals surface area contributed by atoms with Gasteiger partial charge < -0.3 is 10.3 Å². The number of carbonyl (C=O) groups excluding carboxylic acids is 1. The van der Waals surface area contributed by atoms with Gasteiger partial charge in [-0.25, -0.2) is 4.98 Å². The Hall–Kier alpha value is -1.34. The predicted molar refractivity (Wildman–Crippen MR) is 114 cm³/mol. The summed E-state index contributed by atoms with van der Waals surface area (Å²) in [4.78, 5) is 34.5. The van der Waals surface area contributed by atoms with Gasteiger partial charge in [0.25, 0.3) is 5.56 Å². The van der Waals surface area contributed by atoms with E-state index in [-0.39, 0.29) is 28.2 Å². The van der Waals surface area contributed by atoms with Crippen LogP contribution in [-0.4, -0.2) is 27.2 Å². The highest BCUT2D eigenvalue weighted by Crippen LogP contribution is 2.34. The number of thioether (sulfide) groups is 1. The number of fused-ring (bicyclic) bond motifs is 3. The Labute approximate surface area is 168 Å². The van der Waals surface area contributed by atoms with Gasteiger partial charge in [0, 0.05) is 10.4 Å². The third-order valence-electron chi connectivity index (χ3n) is 4.59. The first-order chi connectivity index (χ1) is 12.5. The summed E-state index contributed by atoms with van der Waals surface area (Å²) >= 11 is 2.92. The van der Waals surface area contributed by atoms with Crippen LogP contribution in [0.5, 0.6) is 0 Å². The minimum absolute atomic E-state index is 0.0394. The Balaban J connectivity index is 1.68. The number of nitrogens with zero attached hydrogens (tertiary/aromatic N) is 1. The van der Waals surface area contributed by atoms with E-state index in [9.17, 15) is 9.59 Å². The van der Waals surface area contributed by atoms with Gasteiger partial charge in [0.15, 0.2) is 5.16 Å². The van der Waals surface area contributed by atoms with Crippen molar-refractivity contribution in [1.82, 2.24) is 15.3 Å². The summed E-state index contributed by atoms with van der Waals surface area (Å²) in [5.41, 5.74) is 0.983. The molecule has 0 bridgehead atoms. The lowest BCUT2D eigenvalue weighted by Crippen LogP contribution is -2.46. The molecular weight excluding hydrogens is 378 g/mol. The maximum atomic E-state index is 12.6. The first-order valence-electron chi connectivity index (χ1n) is 9.52. The van der Waals surface area contributed by atoms with E-state index in [4.69, 9.17) is 0 Å². The zero-order valence-electron chi connectivity index (χ0n) is 16.8. The summed E-state index contributed by atoms with van der Waals surface area (Å²) in [5.74, 6) is 0.204. The lowest BCUT2D eigenvalue weighted by atomic mass is 9.82. The van der Waals surface area contributed by atoms with E-state index in [1.54, 1.807) is 11.3 Å². The lowest BCUT2D eigenvalue weighted by molar-refractivity contribution is -0.120. The molecule has 1 amide bonds. The number of aromatic nitrogens is 2. The van der Waals surface area contributed by atoms with Gasteiger partial charge in [-0.3, -0.25) is 9.59 Å². The van der Waals surface area contributed by atoms with Crippen LogP contribution < -0.4 is 10.9 Å². The van der Waals surface area contributed by atoms with E-state index < -0.39 is 0 Å². The van der Waals surface area contributed by atoms with Crippen molar-refractivity contribution in [3.05, 3.63) is 20.8 Å². The van der Waals surface area contributed by atoms with Gasteiger partial charge in [0.05, 0.1) is 11.1 Å².